The second-order valence-electron chi connectivity index (χ2n) is 6.97. The van der Waals surface area contributed by atoms with E-state index in [1.807, 2.05) is 30.3 Å². The SMILES string of the molecule is CC(=O)N1CCN(C(=O)C(C)(C)Oc2nn(-c3ccccc3)cc2Br)CC1. The van der Waals surface area contributed by atoms with Crippen molar-refractivity contribution >= 4 is 27.7 Å². The maximum absolute atomic E-state index is 12.9. The highest BCUT2D eigenvalue weighted by molar-refractivity contribution is 9.10. The molecule has 0 radical (unpaired) electrons. The van der Waals surface area contributed by atoms with Gasteiger partial charge in [-0.2, -0.15) is 0 Å². The van der Waals surface area contributed by atoms with Gasteiger partial charge in [-0.1, -0.05) is 18.2 Å². The molecule has 0 saturated carbocycles. The summed E-state index contributed by atoms with van der Waals surface area (Å²) in [4.78, 5) is 27.9. The minimum atomic E-state index is -1.07. The van der Waals surface area contributed by atoms with Gasteiger partial charge in [0, 0.05) is 39.3 Å². The van der Waals surface area contributed by atoms with Gasteiger partial charge in [-0.15, -0.1) is 5.10 Å². The van der Waals surface area contributed by atoms with Gasteiger partial charge in [0.1, 0.15) is 0 Å². The molecule has 2 amide bonds. The lowest BCUT2D eigenvalue weighted by Gasteiger charge is -2.38. The van der Waals surface area contributed by atoms with Crippen molar-refractivity contribution in [2.45, 2.75) is 26.4 Å². The summed E-state index contributed by atoms with van der Waals surface area (Å²) in [5.41, 5.74) is -0.172. The maximum Gasteiger partial charge on any atom is 0.266 e. The Hall–Kier alpha value is -2.35. The minimum Gasteiger partial charge on any atom is -0.460 e. The monoisotopic (exact) mass is 434 g/mol. The molecule has 27 heavy (non-hydrogen) atoms. The number of halogens is 1. The Morgan fingerprint density at radius 2 is 1.67 bits per heavy atom. The molecule has 1 aliphatic heterocycles. The van der Waals surface area contributed by atoms with Gasteiger partial charge in [-0.25, -0.2) is 4.68 Å². The summed E-state index contributed by atoms with van der Waals surface area (Å²) in [6.07, 6.45) is 1.80. The molecule has 0 atom stereocenters. The van der Waals surface area contributed by atoms with Crippen LogP contribution in [0.5, 0.6) is 5.88 Å². The number of ether oxygens (including phenoxy) is 1. The van der Waals surface area contributed by atoms with Crippen molar-refractivity contribution in [2.75, 3.05) is 26.2 Å². The third kappa shape index (κ3) is 4.32. The standard InChI is InChI=1S/C19H23BrN4O3/c1-14(25)22-9-11-23(12-10-22)18(26)19(2,3)27-17-16(20)13-24(21-17)15-7-5-4-6-8-15/h4-8,13H,9-12H2,1-3H3. The van der Waals surface area contributed by atoms with E-state index in [2.05, 4.69) is 21.0 Å². The molecule has 8 heteroatoms. The van der Waals surface area contributed by atoms with Crippen LogP contribution in [0.3, 0.4) is 0 Å². The van der Waals surface area contributed by atoms with Gasteiger partial charge < -0.3 is 14.5 Å². The van der Waals surface area contributed by atoms with E-state index in [4.69, 9.17) is 4.74 Å². The number of piperazine rings is 1. The van der Waals surface area contributed by atoms with Gasteiger partial charge in [0.2, 0.25) is 11.8 Å². The first-order valence-corrected chi connectivity index (χ1v) is 9.62. The van der Waals surface area contributed by atoms with E-state index in [-0.39, 0.29) is 11.8 Å². The molecular formula is C19H23BrN4O3. The molecule has 1 aliphatic rings. The Morgan fingerprint density at radius 3 is 2.26 bits per heavy atom. The predicted molar refractivity (Wildman–Crippen MR) is 105 cm³/mol. The second kappa shape index (κ2) is 7.72. The molecule has 1 fully saturated rings. The van der Waals surface area contributed by atoms with Crippen LogP contribution in [0.4, 0.5) is 0 Å². The molecule has 2 heterocycles. The van der Waals surface area contributed by atoms with Gasteiger partial charge >= 0.3 is 0 Å². The third-order valence-electron chi connectivity index (χ3n) is 4.54. The normalized spacial score (nSPS) is 15.0. The summed E-state index contributed by atoms with van der Waals surface area (Å²) in [5, 5.41) is 4.45. The summed E-state index contributed by atoms with van der Waals surface area (Å²) in [6, 6.07) is 9.67. The zero-order chi connectivity index (χ0) is 19.6. The van der Waals surface area contributed by atoms with Gasteiger partial charge in [0.15, 0.2) is 5.60 Å². The highest BCUT2D eigenvalue weighted by Gasteiger charge is 2.37. The summed E-state index contributed by atoms with van der Waals surface area (Å²) in [7, 11) is 0. The van der Waals surface area contributed by atoms with Crippen LogP contribution in [0.1, 0.15) is 20.8 Å². The highest BCUT2D eigenvalue weighted by atomic mass is 79.9. The van der Waals surface area contributed by atoms with Crippen molar-refractivity contribution in [2.24, 2.45) is 0 Å². The number of aromatic nitrogens is 2. The number of carbonyl (C=O) groups is 2. The van der Waals surface area contributed by atoms with Crippen molar-refractivity contribution in [3.05, 3.63) is 41.0 Å². The van der Waals surface area contributed by atoms with Crippen LogP contribution in [0.15, 0.2) is 41.0 Å². The van der Waals surface area contributed by atoms with Crippen LogP contribution in [0.2, 0.25) is 0 Å². The molecule has 1 aromatic heterocycles. The molecule has 0 N–H and O–H groups in total. The number of para-hydroxylation sites is 1. The second-order valence-corrected chi connectivity index (χ2v) is 7.83. The van der Waals surface area contributed by atoms with E-state index >= 15 is 0 Å². The zero-order valence-corrected chi connectivity index (χ0v) is 17.3. The topological polar surface area (TPSA) is 67.7 Å². The van der Waals surface area contributed by atoms with Crippen molar-refractivity contribution < 1.29 is 14.3 Å². The lowest BCUT2D eigenvalue weighted by Crippen LogP contribution is -2.56. The molecule has 0 unspecified atom stereocenters. The fraction of sp³-hybridized carbons (Fsp3) is 0.421. The summed E-state index contributed by atoms with van der Waals surface area (Å²) >= 11 is 3.46. The Labute approximate surface area is 167 Å². The number of hydrogen-bond donors (Lipinski definition) is 0. The molecule has 144 valence electrons. The Balaban J connectivity index is 1.70. The quantitative estimate of drug-likeness (QED) is 0.740. The van der Waals surface area contributed by atoms with Crippen molar-refractivity contribution in [3.63, 3.8) is 0 Å². The average Bonchev–Trinajstić information content (AvgIpc) is 3.02. The van der Waals surface area contributed by atoms with Crippen LogP contribution in [0, 0.1) is 0 Å². The summed E-state index contributed by atoms with van der Waals surface area (Å²) < 4.78 is 8.35. The number of benzene rings is 1. The minimum absolute atomic E-state index is 0.0352. The molecule has 0 spiro atoms. The van der Waals surface area contributed by atoms with Crippen LogP contribution >= 0.6 is 15.9 Å². The largest absolute Gasteiger partial charge is 0.460 e. The van der Waals surface area contributed by atoms with Crippen molar-refractivity contribution in [3.8, 4) is 11.6 Å². The third-order valence-corrected chi connectivity index (χ3v) is 5.08. The van der Waals surface area contributed by atoms with Crippen LogP contribution < -0.4 is 4.74 Å². The fourth-order valence-electron chi connectivity index (χ4n) is 3.01. The molecule has 1 aromatic carbocycles. The van der Waals surface area contributed by atoms with E-state index in [1.165, 1.54) is 0 Å². The highest BCUT2D eigenvalue weighted by Crippen LogP contribution is 2.29. The Kier molecular flexibility index (Phi) is 5.55. The average molecular weight is 435 g/mol. The molecule has 3 rings (SSSR count). The van der Waals surface area contributed by atoms with E-state index in [0.717, 1.165) is 5.69 Å². The Morgan fingerprint density at radius 1 is 1.07 bits per heavy atom. The van der Waals surface area contributed by atoms with Gasteiger partial charge in [0.25, 0.3) is 5.91 Å². The first-order valence-electron chi connectivity index (χ1n) is 8.82. The number of amides is 2. The molecule has 2 aromatic rings. The maximum atomic E-state index is 12.9. The zero-order valence-electron chi connectivity index (χ0n) is 15.7. The first-order chi connectivity index (χ1) is 12.8. The van der Waals surface area contributed by atoms with Gasteiger partial charge in [-0.3, -0.25) is 9.59 Å². The van der Waals surface area contributed by atoms with Crippen LogP contribution in [-0.2, 0) is 9.59 Å². The fourth-order valence-corrected chi connectivity index (χ4v) is 3.36. The van der Waals surface area contributed by atoms with E-state index < -0.39 is 5.60 Å². The van der Waals surface area contributed by atoms with E-state index in [9.17, 15) is 9.59 Å². The number of rotatable bonds is 4. The molecule has 0 aliphatic carbocycles. The molecule has 1 saturated heterocycles. The van der Waals surface area contributed by atoms with Crippen LogP contribution in [-0.4, -0.2) is 63.2 Å². The molecule has 7 nitrogen and oxygen atoms in total. The lowest BCUT2D eigenvalue weighted by atomic mass is 10.1. The Bertz CT molecular complexity index is 827. The number of hydrogen-bond acceptors (Lipinski definition) is 4. The summed E-state index contributed by atoms with van der Waals surface area (Å²) in [6.45, 7) is 7.12. The van der Waals surface area contributed by atoms with Crippen LogP contribution in [0.25, 0.3) is 5.69 Å². The first kappa shape index (κ1) is 19.4. The van der Waals surface area contributed by atoms with E-state index in [0.29, 0.717) is 36.5 Å². The number of nitrogens with zero attached hydrogens (tertiary/aromatic N) is 4. The smallest absolute Gasteiger partial charge is 0.266 e. The van der Waals surface area contributed by atoms with Gasteiger partial charge in [0.05, 0.1) is 10.2 Å². The number of carbonyl (C=O) groups excluding carboxylic acids is 2. The summed E-state index contributed by atoms with van der Waals surface area (Å²) in [5.74, 6) is 0.277. The molecule has 0 bridgehead atoms. The molecular weight excluding hydrogens is 412 g/mol. The van der Waals surface area contributed by atoms with E-state index in [1.54, 1.807) is 41.4 Å². The van der Waals surface area contributed by atoms with Gasteiger partial charge in [-0.05, 0) is 41.9 Å². The van der Waals surface area contributed by atoms with Crippen molar-refractivity contribution in [1.82, 2.24) is 19.6 Å². The van der Waals surface area contributed by atoms with Crippen molar-refractivity contribution in [1.29, 1.82) is 0 Å². The lowest BCUT2D eigenvalue weighted by molar-refractivity contribution is -0.149. The predicted octanol–water partition coefficient (Wildman–Crippen LogP) is 2.48.